The van der Waals surface area contributed by atoms with E-state index < -0.39 is 0 Å². The summed E-state index contributed by atoms with van der Waals surface area (Å²) in [7, 11) is 0. The summed E-state index contributed by atoms with van der Waals surface area (Å²) in [6, 6.07) is 16.3. The number of para-hydroxylation sites is 1. The van der Waals surface area contributed by atoms with E-state index in [9.17, 15) is 0 Å². The number of tetrazole rings is 1. The Hall–Kier alpha value is -3.92. The van der Waals surface area contributed by atoms with Crippen LogP contribution in [0.15, 0.2) is 59.3 Å². The molecule has 0 amide bonds. The van der Waals surface area contributed by atoms with Crippen LogP contribution in [0.25, 0.3) is 39.1 Å². The Morgan fingerprint density at radius 1 is 1.09 bits per heavy atom. The number of pyridine rings is 1. The quantitative estimate of drug-likeness (QED) is 0.326. The van der Waals surface area contributed by atoms with Gasteiger partial charge in [-0.05, 0) is 81.2 Å². The molecule has 0 aliphatic heterocycles. The number of imidazole rings is 1. The molecule has 0 unspecified atom stereocenters. The Morgan fingerprint density at radius 3 is 2.80 bits per heavy atom. The molecule has 4 heterocycles. The summed E-state index contributed by atoms with van der Waals surface area (Å²) in [5.41, 5.74) is 6.84. The zero-order valence-corrected chi connectivity index (χ0v) is 20.9. The van der Waals surface area contributed by atoms with Crippen LogP contribution in [0.2, 0.25) is 0 Å². The van der Waals surface area contributed by atoms with Crippen LogP contribution in [0.3, 0.4) is 0 Å². The fraction of sp³-hybridized carbons (Fsp3) is 0.200. The van der Waals surface area contributed by atoms with E-state index in [-0.39, 0.29) is 0 Å². The zero-order chi connectivity index (χ0) is 23.9. The van der Waals surface area contributed by atoms with Crippen molar-refractivity contribution in [3.63, 3.8) is 0 Å². The van der Waals surface area contributed by atoms with E-state index in [1.807, 2.05) is 41.2 Å². The van der Waals surface area contributed by atoms with Gasteiger partial charge in [0.2, 0.25) is 0 Å². The Labute approximate surface area is 209 Å². The molecule has 4 aromatic heterocycles. The molecule has 0 fully saturated rings. The second-order valence-corrected chi connectivity index (χ2v) is 9.24. The maximum Gasteiger partial charge on any atom is 0.181 e. The first-order valence-corrected chi connectivity index (χ1v) is 12.2. The molecule has 6 rings (SSSR count). The summed E-state index contributed by atoms with van der Waals surface area (Å²) in [6.45, 7) is 4.95. The monoisotopic (exact) mass is 527 g/mol. The highest BCUT2D eigenvalue weighted by molar-refractivity contribution is 9.10. The molecule has 0 aliphatic rings. The Morgan fingerprint density at radius 2 is 1.97 bits per heavy atom. The topological polar surface area (TPSA) is 103 Å². The molecule has 1 N–H and O–H groups in total. The molecule has 2 aromatic carbocycles. The summed E-state index contributed by atoms with van der Waals surface area (Å²) in [5.74, 6) is 1.65. The van der Waals surface area contributed by atoms with E-state index in [1.54, 1.807) is 0 Å². The lowest BCUT2D eigenvalue weighted by Crippen LogP contribution is -2.06. The summed E-state index contributed by atoms with van der Waals surface area (Å²) < 4.78 is 4.98. The van der Waals surface area contributed by atoms with Gasteiger partial charge in [0.15, 0.2) is 11.5 Å². The standard InChI is InChI=1S/C25H22BrN9/c1-3-6-21-28-22-15(2)11-12-27-25(22)34(21)14-16-9-10-19-18(13-16)23(26)35(31-19)20-8-5-4-7-17(20)24-29-32-33-30-24/h4-5,7-13H,3,6,14H2,1-2H3,(H,29,30,32,33). The summed E-state index contributed by atoms with van der Waals surface area (Å²) in [6.07, 6.45) is 3.80. The van der Waals surface area contributed by atoms with Crippen molar-refractivity contribution >= 4 is 38.0 Å². The fourth-order valence-corrected chi connectivity index (χ4v) is 5.03. The molecule has 10 heteroatoms. The molecule has 0 saturated carbocycles. The van der Waals surface area contributed by atoms with Crippen molar-refractivity contribution in [2.24, 2.45) is 0 Å². The van der Waals surface area contributed by atoms with Gasteiger partial charge < -0.3 is 4.57 Å². The molecular formula is C25H22BrN9. The Bertz CT molecular complexity index is 1660. The third kappa shape index (κ3) is 3.70. The van der Waals surface area contributed by atoms with Gasteiger partial charge in [-0.15, -0.1) is 5.10 Å². The maximum absolute atomic E-state index is 4.91. The van der Waals surface area contributed by atoms with Crippen LogP contribution in [-0.2, 0) is 13.0 Å². The van der Waals surface area contributed by atoms with Gasteiger partial charge in [-0.2, -0.15) is 5.10 Å². The predicted molar refractivity (Wildman–Crippen MR) is 137 cm³/mol. The summed E-state index contributed by atoms with van der Waals surface area (Å²) >= 11 is 3.79. The van der Waals surface area contributed by atoms with Crippen LogP contribution in [0.4, 0.5) is 0 Å². The van der Waals surface area contributed by atoms with Crippen LogP contribution in [0.5, 0.6) is 0 Å². The second-order valence-electron chi connectivity index (χ2n) is 8.49. The number of aryl methyl sites for hydroxylation is 2. The molecule has 0 spiro atoms. The largest absolute Gasteiger partial charge is 0.308 e. The van der Waals surface area contributed by atoms with E-state index in [4.69, 9.17) is 10.1 Å². The van der Waals surface area contributed by atoms with Crippen molar-refractivity contribution in [2.75, 3.05) is 0 Å². The average Bonchev–Trinajstić information content (AvgIpc) is 3.60. The van der Waals surface area contributed by atoms with Crippen LogP contribution in [0.1, 0.15) is 30.3 Å². The highest BCUT2D eigenvalue weighted by Crippen LogP contribution is 2.32. The van der Waals surface area contributed by atoms with Gasteiger partial charge in [-0.1, -0.05) is 25.1 Å². The van der Waals surface area contributed by atoms with Gasteiger partial charge >= 0.3 is 0 Å². The van der Waals surface area contributed by atoms with E-state index in [0.29, 0.717) is 12.4 Å². The lowest BCUT2D eigenvalue weighted by molar-refractivity contribution is 0.717. The van der Waals surface area contributed by atoms with Crippen molar-refractivity contribution in [1.82, 2.24) is 44.9 Å². The number of fused-ring (bicyclic) bond motifs is 2. The van der Waals surface area contributed by atoms with Gasteiger partial charge in [-0.3, -0.25) is 0 Å². The van der Waals surface area contributed by atoms with Gasteiger partial charge in [0.25, 0.3) is 0 Å². The van der Waals surface area contributed by atoms with Gasteiger partial charge in [-0.25, -0.2) is 19.7 Å². The number of halogens is 1. The van der Waals surface area contributed by atoms with Crippen LogP contribution >= 0.6 is 15.9 Å². The minimum Gasteiger partial charge on any atom is -0.308 e. The molecule has 0 aliphatic carbocycles. The minimum absolute atomic E-state index is 0.589. The average molecular weight is 528 g/mol. The van der Waals surface area contributed by atoms with Crippen LogP contribution in [-0.4, -0.2) is 44.9 Å². The van der Waals surface area contributed by atoms with Gasteiger partial charge in [0.1, 0.15) is 15.9 Å². The van der Waals surface area contributed by atoms with Crippen molar-refractivity contribution < 1.29 is 0 Å². The van der Waals surface area contributed by atoms with Gasteiger partial charge in [0.05, 0.1) is 17.7 Å². The molecule has 6 aromatic rings. The van der Waals surface area contributed by atoms with E-state index in [0.717, 1.165) is 67.7 Å². The van der Waals surface area contributed by atoms with Crippen LogP contribution < -0.4 is 0 Å². The first-order chi connectivity index (χ1) is 17.1. The second kappa shape index (κ2) is 8.70. The number of nitrogens with zero attached hydrogens (tertiary/aromatic N) is 8. The molecular weight excluding hydrogens is 506 g/mol. The molecule has 0 radical (unpaired) electrons. The summed E-state index contributed by atoms with van der Waals surface area (Å²) in [5, 5.41) is 20.2. The number of aromatic amines is 1. The van der Waals surface area contributed by atoms with Gasteiger partial charge in [0, 0.05) is 23.6 Å². The molecule has 35 heavy (non-hydrogen) atoms. The van der Waals surface area contributed by atoms with E-state index in [2.05, 4.69) is 78.2 Å². The number of benzene rings is 2. The highest BCUT2D eigenvalue weighted by atomic mass is 79.9. The van der Waals surface area contributed by atoms with Crippen molar-refractivity contribution in [3.8, 4) is 17.1 Å². The zero-order valence-electron chi connectivity index (χ0n) is 19.3. The van der Waals surface area contributed by atoms with E-state index in [1.165, 1.54) is 0 Å². The fourth-order valence-electron chi connectivity index (χ4n) is 4.44. The number of rotatable bonds is 6. The van der Waals surface area contributed by atoms with Crippen molar-refractivity contribution in [3.05, 3.63) is 76.3 Å². The minimum atomic E-state index is 0.589. The van der Waals surface area contributed by atoms with E-state index >= 15 is 0 Å². The lowest BCUT2D eigenvalue weighted by Gasteiger charge is -2.09. The molecule has 174 valence electrons. The van der Waals surface area contributed by atoms with Crippen LogP contribution in [0, 0.1) is 6.92 Å². The molecule has 0 saturated heterocycles. The number of H-pyrrole nitrogens is 1. The Kier molecular flexibility index (Phi) is 5.37. The molecule has 0 atom stereocenters. The summed E-state index contributed by atoms with van der Waals surface area (Å²) in [4.78, 5) is 9.57. The smallest absolute Gasteiger partial charge is 0.181 e. The lowest BCUT2D eigenvalue weighted by atomic mass is 10.1. The highest BCUT2D eigenvalue weighted by Gasteiger charge is 2.18. The number of hydrogen-bond donors (Lipinski definition) is 1. The Balaban J connectivity index is 1.44. The first kappa shape index (κ1) is 21.6. The number of aromatic nitrogens is 9. The number of nitrogens with one attached hydrogen (secondary N) is 1. The maximum atomic E-state index is 4.91. The van der Waals surface area contributed by atoms with Crippen molar-refractivity contribution in [1.29, 1.82) is 0 Å². The number of hydrogen-bond acceptors (Lipinski definition) is 6. The normalized spacial score (nSPS) is 11.6. The predicted octanol–water partition coefficient (Wildman–Crippen LogP) is 5.02. The SMILES string of the molecule is CCCc1nc2c(C)ccnc2n1Cc1ccc2nn(-c3ccccc3-c3nnn[nH]3)c(Br)c2c1. The molecule has 9 nitrogen and oxygen atoms in total. The molecule has 0 bridgehead atoms. The first-order valence-electron chi connectivity index (χ1n) is 11.5. The third-order valence-corrected chi connectivity index (χ3v) is 6.90. The third-order valence-electron chi connectivity index (χ3n) is 6.14. The van der Waals surface area contributed by atoms with Crippen molar-refractivity contribution in [2.45, 2.75) is 33.2 Å².